The summed E-state index contributed by atoms with van der Waals surface area (Å²) in [5.74, 6) is -0.918. The van der Waals surface area contributed by atoms with Crippen molar-refractivity contribution in [3.05, 3.63) is 52.6 Å². The van der Waals surface area contributed by atoms with Crippen LogP contribution in [0.3, 0.4) is 0 Å². The molecule has 23 heavy (non-hydrogen) atoms. The van der Waals surface area contributed by atoms with Gasteiger partial charge >= 0.3 is 12.0 Å². The number of benzene rings is 1. The maximum atomic E-state index is 12.1. The van der Waals surface area contributed by atoms with Crippen molar-refractivity contribution in [2.45, 2.75) is 19.4 Å². The van der Waals surface area contributed by atoms with Gasteiger partial charge in [-0.1, -0.05) is 18.2 Å². The van der Waals surface area contributed by atoms with Crippen LogP contribution >= 0.6 is 0 Å². The van der Waals surface area contributed by atoms with Crippen LogP contribution in [0.1, 0.15) is 18.4 Å². The number of carbonyl (C=O) groups is 2. The van der Waals surface area contributed by atoms with Crippen LogP contribution in [0.5, 0.6) is 0 Å². The Kier molecular flexibility index (Phi) is 7.25. The Morgan fingerprint density at radius 1 is 1.43 bits per heavy atom. The average Bonchev–Trinajstić information content (AvgIpc) is 2.51. The molecule has 1 aromatic carbocycles. The van der Waals surface area contributed by atoms with Crippen molar-refractivity contribution in [2.24, 2.45) is 0 Å². The highest BCUT2D eigenvalue weighted by Gasteiger charge is 2.14. The smallest absolute Gasteiger partial charge is 0.317 e. The molecule has 0 saturated heterocycles. The number of rotatable bonds is 9. The predicted octanol–water partition coefficient (Wildman–Crippen LogP) is 2.16. The number of nitrogens with one attached hydrogen (secondary N) is 1. The van der Waals surface area contributed by atoms with Crippen molar-refractivity contribution in [3.8, 4) is 0 Å². The monoisotopic (exact) mass is 321 g/mol. The summed E-state index contributed by atoms with van der Waals surface area (Å²) >= 11 is 0. The summed E-state index contributed by atoms with van der Waals surface area (Å²) in [6.07, 6.45) is 1.86. The number of carbonyl (C=O) groups excluding carboxylic acids is 1. The Balaban J connectivity index is 2.65. The number of carboxylic acids is 1. The van der Waals surface area contributed by atoms with Gasteiger partial charge in [0.2, 0.25) is 0 Å². The first-order chi connectivity index (χ1) is 10.9. The van der Waals surface area contributed by atoms with E-state index in [0.29, 0.717) is 12.0 Å². The first kappa shape index (κ1) is 18.1. The Morgan fingerprint density at radius 2 is 2.17 bits per heavy atom. The summed E-state index contributed by atoms with van der Waals surface area (Å²) in [4.78, 5) is 34.2. The first-order valence-corrected chi connectivity index (χ1v) is 7.03. The standard InChI is InChI=1S/C15H19N3O5/c1-2-9-17(15(21)16-8-4-7-14(19)20)11-12-5-3-6-13(10-12)18(22)23/h2-3,5-6,10H,1,4,7-9,11H2,(H,16,21)(H,19,20). The molecule has 0 bridgehead atoms. The summed E-state index contributed by atoms with van der Waals surface area (Å²) in [5, 5.41) is 21.9. The second-order valence-corrected chi connectivity index (χ2v) is 4.83. The normalized spacial score (nSPS) is 9.91. The molecule has 0 aliphatic carbocycles. The van der Waals surface area contributed by atoms with Gasteiger partial charge in [0.15, 0.2) is 0 Å². The van der Waals surface area contributed by atoms with Crippen LogP contribution in [0.25, 0.3) is 0 Å². The van der Waals surface area contributed by atoms with E-state index in [1.165, 1.54) is 17.0 Å². The number of nitro groups is 1. The Hall–Kier alpha value is -2.90. The van der Waals surface area contributed by atoms with Gasteiger partial charge in [-0.3, -0.25) is 14.9 Å². The van der Waals surface area contributed by atoms with E-state index in [-0.39, 0.29) is 37.8 Å². The van der Waals surface area contributed by atoms with E-state index in [0.717, 1.165) is 0 Å². The fourth-order valence-electron chi connectivity index (χ4n) is 1.91. The number of urea groups is 1. The lowest BCUT2D eigenvalue weighted by Gasteiger charge is -2.21. The number of hydrogen-bond acceptors (Lipinski definition) is 4. The summed E-state index contributed by atoms with van der Waals surface area (Å²) < 4.78 is 0. The van der Waals surface area contributed by atoms with E-state index in [4.69, 9.17) is 5.11 Å². The van der Waals surface area contributed by atoms with E-state index < -0.39 is 10.9 Å². The third-order valence-corrected chi connectivity index (χ3v) is 2.98. The van der Waals surface area contributed by atoms with E-state index in [1.807, 2.05) is 0 Å². The lowest BCUT2D eigenvalue weighted by atomic mass is 10.2. The Labute approximate surface area is 133 Å². The number of aliphatic carboxylic acids is 1. The molecule has 8 heteroatoms. The zero-order valence-electron chi connectivity index (χ0n) is 12.6. The molecule has 0 fully saturated rings. The second kappa shape index (κ2) is 9.19. The van der Waals surface area contributed by atoms with Gasteiger partial charge in [-0.25, -0.2) is 4.79 Å². The summed E-state index contributed by atoms with van der Waals surface area (Å²) in [5.41, 5.74) is 0.588. The van der Waals surface area contributed by atoms with Crippen molar-refractivity contribution in [2.75, 3.05) is 13.1 Å². The minimum atomic E-state index is -0.918. The SMILES string of the molecule is C=CCN(Cc1cccc([N+](=O)[O-])c1)C(=O)NCCCC(=O)O. The second-order valence-electron chi connectivity index (χ2n) is 4.83. The summed E-state index contributed by atoms with van der Waals surface area (Å²) in [7, 11) is 0. The number of nitrogens with zero attached hydrogens (tertiary/aromatic N) is 2. The van der Waals surface area contributed by atoms with Crippen LogP contribution in [0.2, 0.25) is 0 Å². The van der Waals surface area contributed by atoms with Crippen LogP contribution in [-0.2, 0) is 11.3 Å². The molecule has 0 atom stereocenters. The van der Waals surface area contributed by atoms with Crippen LogP contribution in [0.4, 0.5) is 10.5 Å². The molecule has 2 N–H and O–H groups in total. The Bertz CT molecular complexity index is 588. The number of carboxylic acid groups (broad SMARTS) is 1. The quantitative estimate of drug-likeness (QED) is 0.313. The number of hydrogen-bond donors (Lipinski definition) is 2. The third-order valence-electron chi connectivity index (χ3n) is 2.98. The van der Waals surface area contributed by atoms with E-state index in [2.05, 4.69) is 11.9 Å². The van der Waals surface area contributed by atoms with Crippen molar-refractivity contribution >= 4 is 17.7 Å². The summed E-state index contributed by atoms with van der Waals surface area (Å²) in [6, 6.07) is 5.67. The zero-order chi connectivity index (χ0) is 17.2. The molecule has 8 nitrogen and oxygen atoms in total. The molecule has 0 spiro atoms. The molecule has 0 unspecified atom stereocenters. The Morgan fingerprint density at radius 3 is 2.78 bits per heavy atom. The maximum Gasteiger partial charge on any atom is 0.317 e. The van der Waals surface area contributed by atoms with Gasteiger partial charge in [-0.05, 0) is 12.0 Å². The average molecular weight is 321 g/mol. The predicted molar refractivity (Wildman–Crippen MR) is 84.0 cm³/mol. The molecular formula is C15H19N3O5. The molecule has 2 amide bonds. The van der Waals surface area contributed by atoms with E-state index >= 15 is 0 Å². The van der Waals surface area contributed by atoms with Crippen molar-refractivity contribution in [1.29, 1.82) is 0 Å². The molecule has 0 radical (unpaired) electrons. The molecule has 0 aromatic heterocycles. The minimum absolute atomic E-state index is 0.0212. The van der Waals surface area contributed by atoms with Crippen molar-refractivity contribution in [3.63, 3.8) is 0 Å². The van der Waals surface area contributed by atoms with Gasteiger partial charge < -0.3 is 15.3 Å². The lowest BCUT2D eigenvalue weighted by Crippen LogP contribution is -2.40. The highest BCUT2D eigenvalue weighted by atomic mass is 16.6. The fraction of sp³-hybridized carbons (Fsp3) is 0.333. The maximum absolute atomic E-state index is 12.1. The van der Waals surface area contributed by atoms with Gasteiger partial charge in [-0.2, -0.15) is 0 Å². The molecule has 1 aromatic rings. The lowest BCUT2D eigenvalue weighted by molar-refractivity contribution is -0.384. The van der Waals surface area contributed by atoms with Gasteiger partial charge in [0.25, 0.3) is 5.69 Å². The van der Waals surface area contributed by atoms with Gasteiger partial charge in [-0.15, -0.1) is 6.58 Å². The van der Waals surface area contributed by atoms with Crippen molar-refractivity contribution in [1.82, 2.24) is 10.2 Å². The highest BCUT2D eigenvalue weighted by Crippen LogP contribution is 2.14. The number of nitro benzene ring substituents is 1. The molecule has 0 aliphatic rings. The van der Waals surface area contributed by atoms with Gasteiger partial charge in [0.05, 0.1) is 4.92 Å². The van der Waals surface area contributed by atoms with Crippen LogP contribution in [0.15, 0.2) is 36.9 Å². The molecule has 0 saturated carbocycles. The molecule has 0 heterocycles. The number of amides is 2. The largest absolute Gasteiger partial charge is 0.481 e. The fourth-order valence-corrected chi connectivity index (χ4v) is 1.91. The van der Waals surface area contributed by atoms with E-state index in [1.54, 1.807) is 18.2 Å². The third kappa shape index (κ3) is 6.60. The molecule has 1 rings (SSSR count). The zero-order valence-corrected chi connectivity index (χ0v) is 12.6. The van der Waals surface area contributed by atoms with Crippen molar-refractivity contribution < 1.29 is 19.6 Å². The van der Waals surface area contributed by atoms with Gasteiger partial charge in [0.1, 0.15) is 0 Å². The summed E-state index contributed by atoms with van der Waals surface area (Å²) in [6.45, 7) is 4.29. The van der Waals surface area contributed by atoms with E-state index in [9.17, 15) is 19.7 Å². The van der Waals surface area contributed by atoms with Crippen LogP contribution in [-0.4, -0.2) is 40.0 Å². The van der Waals surface area contributed by atoms with Gasteiger partial charge in [0, 0.05) is 38.2 Å². The van der Waals surface area contributed by atoms with Crippen LogP contribution in [0, 0.1) is 10.1 Å². The number of non-ortho nitro benzene ring substituents is 1. The molecule has 0 aliphatic heterocycles. The minimum Gasteiger partial charge on any atom is -0.481 e. The highest BCUT2D eigenvalue weighted by molar-refractivity contribution is 5.74. The topological polar surface area (TPSA) is 113 Å². The first-order valence-electron chi connectivity index (χ1n) is 7.03. The molecular weight excluding hydrogens is 302 g/mol. The molecule has 124 valence electrons. The van der Waals surface area contributed by atoms with Crippen LogP contribution < -0.4 is 5.32 Å².